The summed E-state index contributed by atoms with van der Waals surface area (Å²) < 4.78 is 20.1. The molecule has 1 N–H and O–H groups in total. The van der Waals surface area contributed by atoms with Crippen molar-refractivity contribution in [1.29, 1.82) is 0 Å². The van der Waals surface area contributed by atoms with Gasteiger partial charge in [-0.05, 0) is 53.3 Å². The number of para-hydroxylation sites is 1. The average Bonchev–Trinajstić information content (AvgIpc) is 2.87. The highest BCUT2D eigenvalue weighted by atomic mass is 32.1. The van der Waals surface area contributed by atoms with Crippen molar-refractivity contribution >= 4 is 51.7 Å². The van der Waals surface area contributed by atoms with Crippen molar-refractivity contribution in [3.63, 3.8) is 0 Å². The first kappa shape index (κ1) is 22.4. The van der Waals surface area contributed by atoms with Gasteiger partial charge in [0.2, 0.25) is 0 Å². The normalized spacial score (nSPS) is 14.9. The third-order valence-corrected chi connectivity index (χ3v) is 5.96. The zero-order valence-corrected chi connectivity index (χ0v) is 19.2. The topological polar surface area (TPSA) is 58.6 Å². The largest absolute Gasteiger partial charge is 0.488 e. The molecule has 1 saturated heterocycles. The van der Waals surface area contributed by atoms with E-state index in [1.54, 1.807) is 48.5 Å². The van der Waals surface area contributed by atoms with Crippen LogP contribution in [0.5, 0.6) is 5.75 Å². The zero-order valence-electron chi connectivity index (χ0n) is 18.4. The predicted molar refractivity (Wildman–Crippen MR) is 137 cm³/mol. The Kier molecular flexibility index (Phi) is 6.08. The lowest BCUT2D eigenvalue weighted by Crippen LogP contribution is -2.54. The molecular formula is C28H19FN2O3S. The standard InChI is InChI=1S/C28H19FN2O3S/c29-24-13-7-5-9-19(24)17-34-25-15-14-18-8-4-6-12-21(18)22(25)16-23-26(32)30-28(35)31(27(23)33)20-10-2-1-3-11-20/h1-16H,17H2,(H,30,32,35)/b23-16-. The second kappa shape index (κ2) is 9.48. The number of carbonyl (C=O) groups is 2. The molecule has 0 atom stereocenters. The van der Waals surface area contributed by atoms with Crippen molar-refractivity contribution < 1.29 is 18.7 Å². The first-order valence-electron chi connectivity index (χ1n) is 10.9. The number of ether oxygens (including phenoxy) is 1. The summed E-state index contributed by atoms with van der Waals surface area (Å²) in [6.07, 6.45) is 1.51. The number of anilines is 1. The molecule has 0 saturated carbocycles. The van der Waals surface area contributed by atoms with Crippen LogP contribution in [-0.4, -0.2) is 16.9 Å². The van der Waals surface area contributed by atoms with Crippen LogP contribution in [0.4, 0.5) is 10.1 Å². The number of nitrogens with one attached hydrogen (secondary N) is 1. The van der Waals surface area contributed by atoms with E-state index in [2.05, 4.69) is 5.32 Å². The van der Waals surface area contributed by atoms with Crippen molar-refractivity contribution in [1.82, 2.24) is 5.32 Å². The Hall–Kier alpha value is -4.36. The highest BCUT2D eigenvalue weighted by Gasteiger charge is 2.34. The molecule has 35 heavy (non-hydrogen) atoms. The number of nitrogens with zero attached hydrogens (tertiary/aromatic N) is 1. The average molecular weight is 483 g/mol. The maximum atomic E-state index is 14.2. The molecule has 0 aromatic heterocycles. The number of benzene rings is 4. The number of hydrogen-bond donors (Lipinski definition) is 1. The molecule has 1 aliphatic rings. The molecular weight excluding hydrogens is 463 g/mol. The van der Waals surface area contributed by atoms with Gasteiger partial charge in [-0.2, -0.15) is 0 Å². The van der Waals surface area contributed by atoms with Gasteiger partial charge in [-0.1, -0.05) is 66.7 Å². The van der Waals surface area contributed by atoms with Crippen LogP contribution in [0.25, 0.3) is 16.8 Å². The molecule has 5 rings (SSSR count). The lowest BCUT2D eigenvalue weighted by atomic mass is 9.99. The van der Waals surface area contributed by atoms with Crippen molar-refractivity contribution in [2.45, 2.75) is 6.61 Å². The van der Waals surface area contributed by atoms with Crippen LogP contribution in [0.1, 0.15) is 11.1 Å². The van der Waals surface area contributed by atoms with E-state index in [4.69, 9.17) is 17.0 Å². The molecule has 4 aromatic carbocycles. The number of thiocarbonyl (C=S) groups is 1. The van der Waals surface area contributed by atoms with E-state index >= 15 is 0 Å². The van der Waals surface area contributed by atoms with Crippen LogP contribution in [0.3, 0.4) is 0 Å². The summed E-state index contributed by atoms with van der Waals surface area (Å²) >= 11 is 5.28. The van der Waals surface area contributed by atoms with Gasteiger partial charge in [0, 0.05) is 11.1 Å². The molecule has 0 radical (unpaired) electrons. The molecule has 0 aliphatic carbocycles. The molecule has 7 heteroatoms. The van der Waals surface area contributed by atoms with Gasteiger partial charge in [0.15, 0.2) is 5.11 Å². The monoisotopic (exact) mass is 482 g/mol. The summed E-state index contributed by atoms with van der Waals surface area (Å²) in [7, 11) is 0. The highest BCUT2D eigenvalue weighted by Crippen LogP contribution is 2.32. The summed E-state index contributed by atoms with van der Waals surface area (Å²) in [5, 5.41) is 4.29. The third kappa shape index (κ3) is 4.41. The van der Waals surface area contributed by atoms with Crippen molar-refractivity contribution in [2.24, 2.45) is 0 Å². The van der Waals surface area contributed by atoms with Crippen LogP contribution in [-0.2, 0) is 16.2 Å². The summed E-state index contributed by atoms with van der Waals surface area (Å²) in [6.45, 7) is -0.0123. The molecule has 0 bridgehead atoms. The first-order valence-corrected chi connectivity index (χ1v) is 11.3. The Labute approximate surface area is 206 Å². The zero-order chi connectivity index (χ0) is 24.4. The molecule has 0 spiro atoms. The lowest BCUT2D eigenvalue weighted by molar-refractivity contribution is -0.122. The van der Waals surface area contributed by atoms with Crippen LogP contribution in [0, 0.1) is 5.82 Å². The van der Waals surface area contributed by atoms with E-state index in [1.165, 1.54) is 17.0 Å². The Morgan fingerprint density at radius 3 is 2.40 bits per heavy atom. The van der Waals surface area contributed by atoms with E-state index < -0.39 is 11.8 Å². The molecule has 0 unspecified atom stereocenters. The van der Waals surface area contributed by atoms with Gasteiger partial charge in [-0.3, -0.25) is 19.8 Å². The number of fused-ring (bicyclic) bond motifs is 1. The predicted octanol–water partition coefficient (Wildman–Crippen LogP) is 5.39. The van der Waals surface area contributed by atoms with Crippen molar-refractivity contribution in [3.8, 4) is 5.75 Å². The number of carbonyl (C=O) groups excluding carboxylic acids is 2. The summed E-state index contributed by atoms with van der Waals surface area (Å²) in [5.74, 6) is -1.10. The summed E-state index contributed by atoms with van der Waals surface area (Å²) in [6, 6.07) is 26.4. The number of halogens is 1. The second-order valence-electron chi connectivity index (χ2n) is 7.87. The molecule has 1 aliphatic heterocycles. The quantitative estimate of drug-likeness (QED) is 0.235. The molecule has 1 heterocycles. The first-order chi connectivity index (χ1) is 17.0. The Balaban J connectivity index is 1.59. The Morgan fingerprint density at radius 2 is 1.60 bits per heavy atom. The number of amides is 2. The molecule has 1 fully saturated rings. The van der Waals surface area contributed by atoms with Gasteiger partial charge in [-0.15, -0.1) is 0 Å². The fourth-order valence-electron chi connectivity index (χ4n) is 3.93. The summed E-state index contributed by atoms with van der Waals surface area (Å²) in [5.41, 5.74) is 1.39. The SMILES string of the molecule is O=C1NC(=S)N(c2ccccc2)C(=O)/C1=C\c1c(OCc2ccccc2F)ccc2ccccc12. The fraction of sp³-hybridized carbons (Fsp3) is 0.0357. The fourth-order valence-corrected chi connectivity index (χ4v) is 4.22. The minimum absolute atomic E-state index is 0.0114. The van der Waals surface area contributed by atoms with E-state index in [0.717, 1.165) is 10.8 Å². The highest BCUT2D eigenvalue weighted by molar-refractivity contribution is 7.80. The Morgan fingerprint density at radius 1 is 0.886 bits per heavy atom. The summed E-state index contributed by atoms with van der Waals surface area (Å²) in [4.78, 5) is 27.6. The third-order valence-electron chi connectivity index (χ3n) is 5.68. The maximum Gasteiger partial charge on any atom is 0.270 e. The number of rotatable bonds is 5. The van der Waals surface area contributed by atoms with Crippen LogP contribution >= 0.6 is 12.2 Å². The van der Waals surface area contributed by atoms with E-state index in [0.29, 0.717) is 22.6 Å². The Bertz CT molecular complexity index is 1500. The van der Waals surface area contributed by atoms with Gasteiger partial charge in [0.1, 0.15) is 23.7 Å². The van der Waals surface area contributed by atoms with Crippen molar-refractivity contribution in [2.75, 3.05) is 4.90 Å². The van der Waals surface area contributed by atoms with Gasteiger partial charge >= 0.3 is 0 Å². The smallest absolute Gasteiger partial charge is 0.270 e. The number of hydrogen-bond acceptors (Lipinski definition) is 4. The molecule has 5 nitrogen and oxygen atoms in total. The van der Waals surface area contributed by atoms with Crippen LogP contribution in [0.2, 0.25) is 0 Å². The van der Waals surface area contributed by atoms with E-state index in [9.17, 15) is 14.0 Å². The lowest BCUT2D eigenvalue weighted by Gasteiger charge is -2.29. The van der Waals surface area contributed by atoms with Crippen LogP contribution in [0.15, 0.2) is 96.6 Å². The maximum absolute atomic E-state index is 14.2. The van der Waals surface area contributed by atoms with E-state index in [-0.39, 0.29) is 23.1 Å². The van der Waals surface area contributed by atoms with E-state index in [1.807, 2.05) is 36.4 Å². The minimum Gasteiger partial charge on any atom is -0.488 e. The van der Waals surface area contributed by atoms with Gasteiger partial charge in [0.25, 0.3) is 11.8 Å². The minimum atomic E-state index is -0.597. The molecule has 4 aromatic rings. The van der Waals surface area contributed by atoms with Gasteiger partial charge in [0.05, 0.1) is 5.69 Å². The van der Waals surface area contributed by atoms with Crippen molar-refractivity contribution in [3.05, 3.63) is 114 Å². The van der Waals surface area contributed by atoms with Crippen LogP contribution < -0.4 is 15.0 Å². The second-order valence-corrected chi connectivity index (χ2v) is 8.26. The molecule has 2 amide bonds. The molecule has 172 valence electrons. The van der Waals surface area contributed by atoms with Gasteiger partial charge < -0.3 is 4.74 Å². The van der Waals surface area contributed by atoms with Gasteiger partial charge in [-0.25, -0.2) is 4.39 Å².